The van der Waals surface area contributed by atoms with Crippen molar-refractivity contribution in [3.8, 4) is 5.75 Å². The molecule has 5 heteroatoms. The van der Waals surface area contributed by atoms with Gasteiger partial charge in [0.1, 0.15) is 5.75 Å². The van der Waals surface area contributed by atoms with Crippen LogP contribution in [0.2, 0.25) is 5.02 Å². The maximum atomic E-state index is 11.4. The largest absolute Gasteiger partial charge is 0.491 e. The molecule has 0 aliphatic rings. The SMILES string of the molecule is C[C@H](N)c1ccc(OCCC(=O)N(C)C)c(Cl)c1. The van der Waals surface area contributed by atoms with Gasteiger partial charge in [0.25, 0.3) is 0 Å². The van der Waals surface area contributed by atoms with Crippen LogP contribution in [-0.4, -0.2) is 31.5 Å². The van der Waals surface area contributed by atoms with Crippen molar-refractivity contribution in [2.45, 2.75) is 19.4 Å². The molecule has 0 heterocycles. The number of nitrogens with two attached hydrogens (primary N) is 1. The molecule has 0 saturated heterocycles. The quantitative estimate of drug-likeness (QED) is 0.893. The third-order valence-corrected chi connectivity index (χ3v) is 2.85. The molecule has 0 aliphatic heterocycles. The van der Waals surface area contributed by atoms with E-state index < -0.39 is 0 Å². The van der Waals surface area contributed by atoms with E-state index in [1.54, 1.807) is 26.2 Å². The number of ether oxygens (including phenoxy) is 1. The highest BCUT2D eigenvalue weighted by molar-refractivity contribution is 6.32. The highest BCUT2D eigenvalue weighted by Gasteiger charge is 2.08. The Labute approximate surface area is 113 Å². The Hall–Kier alpha value is -1.26. The summed E-state index contributed by atoms with van der Waals surface area (Å²) < 4.78 is 5.47. The highest BCUT2D eigenvalue weighted by Crippen LogP contribution is 2.27. The van der Waals surface area contributed by atoms with Crippen LogP contribution in [0.25, 0.3) is 0 Å². The lowest BCUT2D eigenvalue weighted by atomic mass is 10.1. The zero-order valence-corrected chi connectivity index (χ0v) is 11.7. The number of carbonyl (C=O) groups is 1. The third kappa shape index (κ3) is 4.20. The van der Waals surface area contributed by atoms with Crippen molar-refractivity contribution in [1.82, 2.24) is 4.90 Å². The van der Waals surface area contributed by atoms with Gasteiger partial charge in [-0.2, -0.15) is 0 Å². The molecule has 18 heavy (non-hydrogen) atoms. The first-order valence-corrected chi connectivity index (χ1v) is 6.17. The number of amides is 1. The lowest BCUT2D eigenvalue weighted by Gasteiger charge is -2.13. The summed E-state index contributed by atoms with van der Waals surface area (Å²) in [6.45, 7) is 2.20. The third-order valence-electron chi connectivity index (χ3n) is 2.55. The first-order valence-electron chi connectivity index (χ1n) is 5.79. The summed E-state index contributed by atoms with van der Waals surface area (Å²) in [4.78, 5) is 12.9. The van der Waals surface area contributed by atoms with Crippen LogP contribution in [0.15, 0.2) is 18.2 Å². The molecule has 1 aromatic carbocycles. The van der Waals surface area contributed by atoms with E-state index in [1.807, 2.05) is 13.0 Å². The number of rotatable bonds is 5. The molecule has 0 aromatic heterocycles. The Morgan fingerprint density at radius 2 is 2.17 bits per heavy atom. The summed E-state index contributed by atoms with van der Waals surface area (Å²) in [5.74, 6) is 0.603. The van der Waals surface area contributed by atoms with Crippen molar-refractivity contribution in [1.29, 1.82) is 0 Å². The molecule has 2 N–H and O–H groups in total. The Morgan fingerprint density at radius 1 is 1.50 bits per heavy atom. The van der Waals surface area contributed by atoms with Crippen LogP contribution in [-0.2, 0) is 4.79 Å². The van der Waals surface area contributed by atoms with Gasteiger partial charge in [0.15, 0.2) is 0 Å². The molecule has 0 bridgehead atoms. The summed E-state index contributed by atoms with van der Waals surface area (Å²) in [5.41, 5.74) is 6.71. The van der Waals surface area contributed by atoms with E-state index in [-0.39, 0.29) is 11.9 Å². The van der Waals surface area contributed by atoms with E-state index in [1.165, 1.54) is 4.90 Å². The molecule has 0 unspecified atom stereocenters. The van der Waals surface area contributed by atoms with Crippen LogP contribution < -0.4 is 10.5 Å². The number of halogens is 1. The number of benzene rings is 1. The number of hydrogen-bond acceptors (Lipinski definition) is 3. The summed E-state index contributed by atoms with van der Waals surface area (Å²) >= 11 is 6.08. The van der Waals surface area contributed by atoms with Crippen molar-refractivity contribution >= 4 is 17.5 Å². The smallest absolute Gasteiger partial charge is 0.225 e. The summed E-state index contributed by atoms with van der Waals surface area (Å²) in [5, 5.41) is 0.516. The summed E-state index contributed by atoms with van der Waals surface area (Å²) in [7, 11) is 3.43. The van der Waals surface area contributed by atoms with Gasteiger partial charge in [-0.15, -0.1) is 0 Å². The molecule has 4 nitrogen and oxygen atoms in total. The lowest BCUT2D eigenvalue weighted by Crippen LogP contribution is -2.23. The van der Waals surface area contributed by atoms with Gasteiger partial charge in [0, 0.05) is 20.1 Å². The predicted molar refractivity (Wildman–Crippen MR) is 72.9 cm³/mol. The van der Waals surface area contributed by atoms with Crippen LogP contribution in [0.4, 0.5) is 0 Å². The van der Waals surface area contributed by atoms with Gasteiger partial charge in [0.2, 0.25) is 5.91 Å². The van der Waals surface area contributed by atoms with Gasteiger partial charge in [-0.25, -0.2) is 0 Å². The van der Waals surface area contributed by atoms with E-state index in [2.05, 4.69) is 0 Å². The van der Waals surface area contributed by atoms with Crippen molar-refractivity contribution in [2.75, 3.05) is 20.7 Å². The molecule has 100 valence electrons. The summed E-state index contributed by atoms with van der Waals surface area (Å²) in [6, 6.07) is 5.38. The minimum atomic E-state index is -0.0631. The summed E-state index contributed by atoms with van der Waals surface area (Å²) in [6.07, 6.45) is 0.332. The van der Waals surface area contributed by atoms with E-state index in [0.29, 0.717) is 23.8 Å². The molecule has 0 aliphatic carbocycles. The average Bonchev–Trinajstić information content (AvgIpc) is 2.30. The predicted octanol–water partition coefficient (Wildman–Crippen LogP) is 2.22. The Balaban J connectivity index is 2.56. The standard InChI is InChI=1S/C13H19ClN2O2/c1-9(15)10-4-5-12(11(14)8-10)18-7-6-13(17)16(2)3/h4-5,8-9H,6-7,15H2,1-3H3/t9-/m0/s1. The molecular formula is C13H19ClN2O2. The van der Waals surface area contributed by atoms with Crippen molar-refractivity contribution in [2.24, 2.45) is 5.73 Å². The van der Waals surface area contributed by atoms with Crippen LogP contribution >= 0.6 is 11.6 Å². The molecule has 0 saturated carbocycles. The van der Waals surface area contributed by atoms with Crippen LogP contribution in [0.3, 0.4) is 0 Å². The Kier molecular flexibility index (Phi) is 5.44. The molecule has 0 spiro atoms. The van der Waals surface area contributed by atoms with Gasteiger partial charge in [-0.05, 0) is 24.6 Å². The number of carbonyl (C=O) groups excluding carboxylic acids is 1. The van der Waals surface area contributed by atoms with Gasteiger partial charge >= 0.3 is 0 Å². The Bertz CT molecular complexity index is 419. The van der Waals surface area contributed by atoms with E-state index in [9.17, 15) is 4.79 Å². The second-order valence-electron chi connectivity index (χ2n) is 4.37. The number of nitrogens with zero attached hydrogens (tertiary/aromatic N) is 1. The lowest BCUT2D eigenvalue weighted by molar-refractivity contribution is -0.129. The van der Waals surface area contributed by atoms with Crippen LogP contribution in [0, 0.1) is 0 Å². The maximum Gasteiger partial charge on any atom is 0.225 e. The van der Waals surface area contributed by atoms with Crippen LogP contribution in [0.1, 0.15) is 24.9 Å². The fourth-order valence-electron chi connectivity index (χ4n) is 1.39. The van der Waals surface area contributed by atoms with Gasteiger partial charge in [-0.1, -0.05) is 17.7 Å². The van der Waals surface area contributed by atoms with E-state index >= 15 is 0 Å². The normalized spacial score (nSPS) is 12.1. The minimum Gasteiger partial charge on any atom is -0.491 e. The van der Waals surface area contributed by atoms with Crippen molar-refractivity contribution in [3.05, 3.63) is 28.8 Å². The fourth-order valence-corrected chi connectivity index (χ4v) is 1.63. The molecule has 1 amide bonds. The molecule has 1 rings (SSSR count). The van der Waals surface area contributed by atoms with Gasteiger partial charge in [0.05, 0.1) is 18.1 Å². The molecular weight excluding hydrogens is 252 g/mol. The fraction of sp³-hybridized carbons (Fsp3) is 0.462. The zero-order chi connectivity index (χ0) is 13.7. The molecule has 0 fully saturated rings. The van der Waals surface area contributed by atoms with Crippen LogP contribution in [0.5, 0.6) is 5.75 Å². The maximum absolute atomic E-state index is 11.4. The van der Waals surface area contributed by atoms with E-state index in [4.69, 9.17) is 22.1 Å². The monoisotopic (exact) mass is 270 g/mol. The molecule has 0 radical (unpaired) electrons. The first kappa shape index (κ1) is 14.8. The van der Waals surface area contributed by atoms with Crippen molar-refractivity contribution in [3.63, 3.8) is 0 Å². The Morgan fingerprint density at radius 3 is 2.67 bits per heavy atom. The zero-order valence-electron chi connectivity index (χ0n) is 10.9. The molecule has 1 aromatic rings. The second kappa shape index (κ2) is 6.61. The van der Waals surface area contributed by atoms with Crippen molar-refractivity contribution < 1.29 is 9.53 Å². The highest BCUT2D eigenvalue weighted by atomic mass is 35.5. The average molecular weight is 271 g/mol. The van der Waals surface area contributed by atoms with E-state index in [0.717, 1.165) is 5.56 Å². The minimum absolute atomic E-state index is 0.0262. The topological polar surface area (TPSA) is 55.6 Å². The first-order chi connectivity index (χ1) is 8.41. The van der Waals surface area contributed by atoms with Gasteiger partial charge in [-0.3, -0.25) is 4.79 Å². The second-order valence-corrected chi connectivity index (χ2v) is 4.77. The molecule has 1 atom stereocenters. The van der Waals surface area contributed by atoms with Gasteiger partial charge < -0.3 is 15.4 Å². The number of hydrogen-bond donors (Lipinski definition) is 1.